The quantitative estimate of drug-likeness (QED) is 0.459. The minimum atomic E-state index is 0.647. The molecule has 0 N–H and O–H groups in total. The average molecular weight is 116 g/mol. The molecule has 0 aromatic rings. The lowest BCUT2D eigenvalue weighted by Gasteiger charge is -1.86. The molecule has 0 aliphatic heterocycles. The molecular weight excluding hydrogens is 107 g/mol. The molecule has 2 radical (unpaired) electrons. The maximum Gasteiger partial charge on any atom is 0.0716 e. The highest BCUT2D eigenvalue weighted by molar-refractivity contribution is 6.10. The van der Waals surface area contributed by atoms with E-state index >= 15 is 0 Å². The van der Waals surface area contributed by atoms with Crippen molar-refractivity contribution in [2.24, 2.45) is 0 Å². The third-order valence-corrected chi connectivity index (χ3v) is 1.41. The van der Waals surface area contributed by atoms with Crippen molar-refractivity contribution in [1.82, 2.24) is 0 Å². The van der Waals surface area contributed by atoms with Gasteiger partial charge in [0.05, 0.1) is 7.85 Å². The van der Waals surface area contributed by atoms with Gasteiger partial charge in [-0.3, -0.25) is 0 Å². The summed E-state index contributed by atoms with van der Waals surface area (Å²) < 4.78 is 0. The fourth-order valence-corrected chi connectivity index (χ4v) is 0.820. The molecule has 0 heterocycles. The summed E-state index contributed by atoms with van der Waals surface area (Å²) in [5.41, 5.74) is 2.47. The third kappa shape index (κ3) is 1.35. The zero-order valence-electron chi connectivity index (χ0n) is 5.59. The summed E-state index contributed by atoms with van der Waals surface area (Å²) in [6.45, 7) is 2.02. The molecular formula is C8H9B. The largest absolute Gasteiger partial charge is 0.0804 e. The van der Waals surface area contributed by atoms with Crippen LogP contribution in [0.15, 0.2) is 35.5 Å². The van der Waals surface area contributed by atoms with Crippen molar-refractivity contribution in [1.29, 1.82) is 0 Å². The predicted molar refractivity (Wildman–Crippen MR) is 41.5 cm³/mol. The SMILES string of the molecule is [B]CC1=C/C(=C\C)C=C1. The van der Waals surface area contributed by atoms with Crippen molar-refractivity contribution in [2.75, 3.05) is 0 Å². The number of allylic oxidation sites excluding steroid dienone is 6. The van der Waals surface area contributed by atoms with E-state index in [0.717, 1.165) is 0 Å². The zero-order valence-corrected chi connectivity index (χ0v) is 5.59. The highest BCUT2D eigenvalue weighted by atomic mass is 14.0. The first-order valence-electron chi connectivity index (χ1n) is 3.12. The van der Waals surface area contributed by atoms with E-state index in [9.17, 15) is 0 Å². The fraction of sp³-hybridized carbons (Fsp3) is 0.250. The second kappa shape index (κ2) is 2.72. The second-order valence-electron chi connectivity index (χ2n) is 2.05. The van der Waals surface area contributed by atoms with Gasteiger partial charge in [0.25, 0.3) is 0 Å². The van der Waals surface area contributed by atoms with E-state index in [2.05, 4.69) is 24.3 Å². The lowest BCUT2D eigenvalue weighted by Crippen LogP contribution is -1.69. The molecule has 0 spiro atoms. The summed E-state index contributed by atoms with van der Waals surface area (Å²) in [5.74, 6) is 0. The predicted octanol–water partition coefficient (Wildman–Crippen LogP) is 2.02. The molecule has 0 atom stereocenters. The molecule has 0 saturated heterocycles. The van der Waals surface area contributed by atoms with Crippen LogP contribution >= 0.6 is 0 Å². The van der Waals surface area contributed by atoms with Gasteiger partial charge in [-0.15, -0.1) is 0 Å². The minimum absolute atomic E-state index is 0.647. The van der Waals surface area contributed by atoms with E-state index < -0.39 is 0 Å². The molecule has 1 aliphatic rings. The third-order valence-electron chi connectivity index (χ3n) is 1.41. The standard InChI is InChI=1S/C8H9B/c1-2-7-3-4-8(5-7)6-9/h2-5H,6H2,1H3/b7-2-. The summed E-state index contributed by atoms with van der Waals surface area (Å²) in [7, 11) is 5.40. The maximum atomic E-state index is 5.40. The van der Waals surface area contributed by atoms with Gasteiger partial charge in [-0.25, -0.2) is 0 Å². The Balaban J connectivity index is 2.74. The van der Waals surface area contributed by atoms with E-state index in [4.69, 9.17) is 7.85 Å². The molecule has 0 fully saturated rings. The monoisotopic (exact) mass is 116 g/mol. The van der Waals surface area contributed by atoms with Crippen LogP contribution < -0.4 is 0 Å². The number of rotatable bonds is 1. The summed E-state index contributed by atoms with van der Waals surface area (Å²) in [6, 6.07) is 0. The molecule has 0 unspecified atom stereocenters. The molecule has 0 aromatic heterocycles. The first-order chi connectivity index (χ1) is 4.36. The molecule has 0 saturated carbocycles. The van der Waals surface area contributed by atoms with Gasteiger partial charge >= 0.3 is 0 Å². The Labute approximate surface area is 57.4 Å². The Morgan fingerprint density at radius 1 is 1.56 bits per heavy atom. The fourth-order valence-electron chi connectivity index (χ4n) is 0.820. The highest BCUT2D eigenvalue weighted by Crippen LogP contribution is 2.16. The van der Waals surface area contributed by atoms with Crippen LogP contribution in [0.4, 0.5) is 0 Å². The van der Waals surface area contributed by atoms with Crippen LogP contribution in [0.3, 0.4) is 0 Å². The zero-order chi connectivity index (χ0) is 6.69. The van der Waals surface area contributed by atoms with Gasteiger partial charge in [0, 0.05) is 0 Å². The van der Waals surface area contributed by atoms with E-state index in [1.54, 1.807) is 0 Å². The average Bonchev–Trinajstić information content (AvgIpc) is 2.34. The van der Waals surface area contributed by atoms with E-state index in [0.29, 0.717) is 6.32 Å². The number of hydrogen-bond acceptors (Lipinski definition) is 0. The normalized spacial score (nSPS) is 21.0. The Morgan fingerprint density at radius 3 is 2.67 bits per heavy atom. The van der Waals surface area contributed by atoms with Crippen LogP contribution in [0.5, 0.6) is 0 Å². The highest BCUT2D eigenvalue weighted by Gasteiger charge is 1.96. The second-order valence-corrected chi connectivity index (χ2v) is 2.05. The smallest absolute Gasteiger partial charge is 0.0716 e. The molecule has 44 valence electrons. The van der Waals surface area contributed by atoms with Crippen molar-refractivity contribution >= 4 is 7.85 Å². The van der Waals surface area contributed by atoms with Crippen molar-refractivity contribution in [3.8, 4) is 0 Å². The van der Waals surface area contributed by atoms with Crippen LogP contribution in [0.1, 0.15) is 6.92 Å². The van der Waals surface area contributed by atoms with Crippen LogP contribution in [0, 0.1) is 0 Å². The molecule has 1 heteroatoms. The molecule has 0 amide bonds. The van der Waals surface area contributed by atoms with E-state index in [1.807, 2.05) is 6.92 Å². The van der Waals surface area contributed by atoms with Gasteiger partial charge in [0.1, 0.15) is 0 Å². The Morgan fingerprint density at radius 2 is 2.33 bits per heavy atom. The van der Waals surface area contributed by atoms with Gasteiger partial charge in [-0.2, -0.15) is 0 Å². The summed E-state index contributed by atoms with van der Waals surface area (Å²) in [5, 5.41) is 0. The summed E-state index contributed by atoms with van der Waals surface area (Å²) in [6.07, 6.45) is 8.94. The molecule has 0 bridgehead atoms. The lowest BCUT2D eigenvalue weighted by atomic mass is 9.98. The van der Waals surface area contributed by atoms with Crippen LogP contribution in [0.2, 0.25) is 6.32 Å². The van der Waals surface area contributed by atoms with E-state index in [-0.39, 0.29) is 0 Å². The summed E-state index contributed by atoms with van der Waals surface area (Å²) >= 11 is 0. The van der Waals surface area contributed by atoms with Gasteiger partial charge < -0.3 is 0 Å². The Bertz CT molecular complexity index is 185. The Kier molecular flexibility index (Phi) is 1.94. The topological polar surface area (TPSA) is 0 Å². The first-order valence-corrected chi connectivity index (χ1v) is 3.12. The van der Waals surface area contributed by atoms with Crippen molar-refractivity contribution in [3.05, 3.63) is 35.5 Å². The molecule has 1 aliphatic carbocycles. The molecule has 0 aromatic carbocycles. The molecule has 0 nitrogen and oxygen atoms in total. The first kappa shape index (κ1) is 6.41. The number of hydrogen-bond donors (Lipinski definition) is 0. The van der Waals surface area contributed by atoms with Gasteiger partial charge in [-0.05, 0) is 12.5 Å². The van der Waals surface area contributed by atoms with Gasteiger partial charge in [0.2, 0.25) is 0 Å². The van der Waals surface area contributed by atoms with Crippen molar-refractivity contribution in [3.63, 3.8) is 0 Å². The summed E-state index contributed by atoms with van der Waals surface area (Å²) in [4.78, 5) is 0. The van der Waals surface area contributed by atoms with E-state index in [1.165, 1.54) is 11.1 Å². The van der Waals surface area contributed by atoms with Gasteiger partial charge in [0.15, 0.2) is 0 Å². The van der Waals surface area contributed by atoms with Crippen LogP contribution in [-0.4, -0.2) is 7.85 Å². The van der Waals surface area contributed by atoms with Crippen LogP contribution in [0.25, 0.3) is 0 Å². The van der Waals surface area contributed by atoms with Crippen molar-refractivity contribution < 1.29 is 0 Å². The Hall–Kier alpha value is -0.715. The maximum absolute atomic E-state index is 5.40. The molecule has 1 rings (SSSR count). The van der Waals surface area contributed by atoms with Crippen LogP contribution in [-0.2, 0) is 0 Å². The lowest BCUT2D eigenvalue weighted by molar-refractivity contribution is 1.54. The van der Waals surface area contributed by atoms with Crippen molar-refractivity contribution in [2.45, 2.75) is 13.2 Å². The molecule has 9 heavy (non-hydrogen) atoms. The minimum Gasteiger partial charge on any atom is -0.0804 e. The van der Waals surface area contributed by atoms with Gasteiger partial charge in [-0.1, -0.05) is 36.2 Å².